The van der Waals surface area contributed by atoms with Crippen LogP contribution in [0.4, 0.5) is 8.78 Å². The average molecular weight is 340 g/mol. The molecule has 0 bridgehead atoms. The van der Waals surface area contributed by atoms with Crippen LogP contribution in [0.1, 0.15) is 10.6 Å². The molecule has 0 fully saturated rings. The predicted molar refractivity (Wildman–Crippen MR) is 89.4 cm³/mol. The first kappa shape index (κ1) is 14.6. The molecule has 0 N–H and O–H groups in total. The lowest BCUT2D eigenvalue weighted by Gasteiger charge is -1.99. The molecule has 4 nitrogen and oxygen atoms in total. The van der Waals surface area contributed by atoms with Gasteiger partial charge in [0.2, 0.25) is 4.96 Å². The Morgan fingerprint density at radius 1 is 0.958 bits per heavy atom. The molecule has 0 aliphatic carbocycles. The highest BCUT2D eigenvalue weighted by Gasteiger charge is 2.16. The van der Waals surface area contributed by atoms with E-state index >= 15 is 0 Å². The SMILES string of the molecule is Fc1ccc(F)c(-c2nnc3sc(/C=C/c4ccccc4)nn23)c1. The van der Waals surface area contributed by atoms with Crippen LogP contribution in [-0.2, 0) is 0 Å². The fraction of sp³-hybridized carbons (Fsp3) is 0. The van der Waals surface area contributed by atoms with Crippen LogP contribution in [0, 0.1) is 11.6 Å². The van der Waals surface area contributed by atoms with Gasteiger partial charge in [-0.15, -0.1) is 10.2 Å². The molecule has 0 atom stereocenters. The quantitative estimate of drug-likeness (QED) is 0.558. The number of halogens is 2. The number of aromatic nitrogens is 4. The van der Waals surface area contributed by atoms with Gasteiger partial charge < -0.3 is 0 Å². The molecule has 2 heterocycles. The molecule has 7 heteroatoms. The molecule has 0 spiro atoms. The van der Waals surface area contributed by atoms with E-state index in [0.717, 1.165) is 23.8 Å². The lowest BCUT2D eigenvalue weighted by molar-refractivity contribution is 0.601. The van der Waals surface area contributed by atoms with Crippen LogP contribution in [0.3, 0.4) is 0 Å². The van der Waals surface area contributed by atoms with Crippen LogP contribution < -0.4 is 0 Å². The van der Waals surface area contributed by atoms with Gasteiger partial charge in [-0.3, -0.25) is 0 Å². The molecule has 118 valence electrons. The van der Waals surface area contributed by atoms with Crippen LogP contribution in [-0.4, -0.2) is 19.8 Å². The second kappa shape index (κ2) is 5.93. The molecule has 24 heavy (non-hydrogen) atoms. The molecule has 0 saturated carbocycles. The van der Waals surface area contributed by atoms with Gasteiger partial charge in [-0.2, -0.15) is 9.61 Å². The Hall–Kier alpha value is -2.93. The number of benzene rings is 2. The third-order valence-corrected chi connectivity index (χ3v) is 4.26. The van der Waals surface area contributed by atoms with Gasteiger partial charge in [0.25, 0.3) is 0 Å². The molecule has 4 aromatic rings. The molecule has 0 unspecified atom stereocenters. The summed E-state index contributed by atoms with van der Waals surface area (Å²) in [7, 11) is 0. The van der Waals surface area contributed by atoms with Crippen LogP contribution in [0.2, 0.25) is 0 Å². The molecule has 0 saturated heterocycles. The average Bonchev–Trinajstić information content (AvgIpc) is 3.16. The van der Waals surface area contributed by atoms with E-state index in [0.29, 0.717) is 9.97 Å². The second-order valence-electron chi connectivity index (χ2n) is 5.03. The van der Waals surface area contributed by atoms with E-state index in [1.165, 1.54) is 15.9 Å². The zero-order chi connectivity index (χ0) is 16.5. The van der Waals surface area contributed by atoms with Crippen molar-refractivity contribution in [1.29, 1.82) is 0 Å². The minimum atomic E-state index is -0.569. The van der Waals surface area contributed by atoms with Crippen molar-refractivity contribution in [1.82, 2.24) is 19.8 Å². The molecular weight excluding hydrogens is 330 g/mol. The molecule has 2 aromatic heterocycles. The summed E-state index contributed by atoms with van der Waals surface area (Å²) in [5, 5.41) is 13.0. The van der Waals surface area contributed by atoms with E-state index in [9.17, 15) is 8.78 Å². The maximum Gasteiger partial charge on any atom is 0.235 e. The minimum absolute atomic E-state index is 0.0337. The molecule has 4 rings (SSSR count). The standard InChI is InChI=1S/C17H10F2N4S/c18-12-7-8-14(19)13(10-12)16-20-21-17-23(16)22-15(24-17)9-6-11-4-2-1-3-5-11/h1-10H/b9-6+. The van der Waals surface area contributed by atoms with E-state index in [4.69, 9.17) is 0 Å². The Morgan fingerprint density at radius 2 is 1.79 bits per heavy atom. The maximum atomic E-state index is 14.0. The van der Waals surface area contributed by atoms with Crippen molar-refractivity contribution in [2.24, 2.45) is 0 Å². The molecule has 0 amide bonds. The largest absolute Gasteiger partial charge is 0.235 e. The summed E-state index contributed by atoms with van der Waals surface area (Å²) in [5.41, 5.74) is 1.08. The summed E-state index contributed by atoms with van der Waals surface area (Å²) in [5.74, 6) is -0.930. The van der Waals surface area contributed by atoms with Crippen LogP contribution in [0.5, 0.6) is 0 Å². The van der Waals surface area contributed by atoms with Crippen molar-refractivity contribution in [3.63, 3.8) is 0 Å². The summed E-state index contributed by atoms with van der Waals surface area (Å²) in [4.78, 5) is 0.515. The van der Waals surface area contributed by atoms with Crippen molar-refractivity contribution in [3.05, 3.63) is 70.7 Å². The summed E-state index contributed by atoms with van der Waals surface area (Å²) >= 11 is 1.32. The first-order chi connectivity index (χ1) is 11.7. The zero-order valence-electron chi connectivity index (χ0n) is 12.2. The van der Waals surface area contributed by atoms with E-state index in [1.807, 2.05) is 42.5 Å². The Kier molecular flexibility index (Phi) is 3.62. The van der Waals surface area contributed by atoms with Gasteiger partial charge in [-0.25, -0.2) is 8.78 Å². The van der Waals surface area contributed by atoms with Crippen LogP contribution >= 0.6 is 11.3 Å². The Balaban J connectivity index is 1.74. The Labute approximate surface area is 139 Å². The predicted octanol–water partition coefficient (Wildman–Crippen LogP) is 4.30. The normalized spacial score (nSPS) is 11.6. The highest BCUT2D eigenvalue weighted by atomic mass is 32.1. The molecule has 2 aromatic carbocycles. The van der Waals surface area contributed by atoms with Gasteiger partial charge in [0.05, 0.1) is 5.56 Å². The summed E-state index contributed by atoms with van der Waals surface area (Å²) in [6.07, 6.45) is 3.77. The maximum absolute atomic E-state index is 14.0. The van der Waals surface area contributed by atoms with Gasteiger partial charge in [-0.1, -0.05) is 47.7 Å². The van der Waals surface area contributed by atoms with Crippen molar-refractivity contribution in [2.75, 3.05) is 0 Å². The van der Waals surface area contributed by atoms with Crippen molar-refractivity contribution in [3.8, 4) is 11.4 Å². The van der Waals surface area contributed by atoms with E-state index < -0.39 is 11.6 Å². The van der Waals surface area contributed by atoms with Crippen molar-refractivity contribution < 1.29 is 8.78 Å². The Bertz CT molecular complexity index is 1040. The Morgan fingerprint density at radius 3 is 2.62 bits per heavy atom. The topological polar surface area (TPSA) is 43.1 Å². The van der Waals surface area contributed by atoms with E-state index in [-0.39, 0.29) is 11.4 Å². The van der Waals surface area contributed by atoms with Crippen molar-refractivity contribution >= 4 is 28.4 Å². The van der Waals surface area contributed by atoms with E-state index in [2.05, 4.69) is 15.3 Å². The van der Waals surface area contributed by atoms with E-state index in [1.54, 1.807) is 0 Å². The van der Waals surface area contributed by atoms with Gasteiger partial charge in [0, 0.05) is 0 Å². The number of hydrogen-bond acceptors (Lipinski definition) is 4. The lowest BCUT2D eigenvalue weighted by atomic mass is 10.2. The molecule has 0 aliphatic heterocycles. The number of rotatable bonds is 3. The first-order valence-corrected chi connectivity index (χ1v) is 7.93. The summed E-state index contributed by atoms with van der Waals surface area (Å²) in [6, 6.07) is 13.0. The number of hydrogen-bond donors (Lipinski definition) is 0. The second-order valence-corrected chi connectivity index (χ2v) is 6.01. The van der Waals surface area contributed by atoms with Crippen LogP contribution in [0.25, 0.3) is 28.5 Å². The van der Waals surface area contributed by atoms with Gasteiger partial charge >= 0.3 is 0 Å². The van der Waals surface area contributed by atoms with Gasteiger partial charge in [-0.05, 0) is 29.8 Å². The van der Waals surface area contributed by atoms with Gasteiger partial charge in [0.15, 0.2) is 5.82 Å². The lowest BCUT2D eigenvalue weighted by Crippen LogP contribution is -1.94. The fourth-order valence-electron chi connectivity index (χ4n) is 2.27. The molecule has 0 aliphatic rings. The summed E-state index contributed by atoms with van der Waals surface area (Å²) < 4.78 is 28.8. The summed E-state index contributed by atoms with van der Waals surface area (Å²) in [6.45, 7) is 0. The smallest absolute Gasteiger partial charge is 0.207 e. The van der Waals surface area contributed by atoms with Crippen LogP contribution in [0.15, 0.2) is 48.5 Å². The molecular formula is C17H10F2N4S. The number of fused-ring (bicyclic) bond motifs is 1. The third kappa shape index (κ3) is 2.69. The first-order valence-electron chi connectivity index (χ1n) is 7.11. The van der Waals surface area contributed by atoms with Gasteiger partial charge in [0.1, 0.15) is 16.6 Å². The zero-order valence-corrected chi connectivity index (χ0v) is 13.0. The fourth-order valence-corrected chi connectivity index (χ4v) is 3.01. The number of nitrogens with zero attached hydrogens (tertiary/aromatic N) is 4. The highest BCUT2D eigenvalue weighted by Crippen LogP contribution is 2.25. The minimum Gasteiger partial charge on any atom is -0.207 e. The molecule has 0 radical (unpaired) electrons. The monoisotopic (exact) mass is 340 g/mol. The highest BCUT2D eigenvalue weighted by molar-refractivity contribution is 7.17. The third-order valence-electron chi connectivity index (χ3n) is 3.39. The van der Waals surface area contributed by atoms with Crippen molar-refractivity contribution in [2.45, 2.75) is 0 Å².